The molecule has 0 bridgehead atoms. The van der Waals surface area contributed by atoms with Crippen LogP contribution in [-0.4, -0.2) is 18.1 Å². The predicted molar refractivity (Wildman–Crippen MR) is 58.3 cm³/mol. The van der Waals surface area contributed by atoms with Crippen molar-refractivity contribution in [3.8, 4) is 0 Å². The van der Waals surface area contributed by atoms with Gasteiger partial charge in [-0.1, -0.05) is 30.4 Å². The molecule has 0 radical (unpaired) electrons. The van der Waals surface area contributed by atoms with Crippen molar-refractivity contribution in [2.24, 2.45) is 5.73 Å². The smallest absolute Gasteiger partial charge is 0.338 e. The van der Waals surface area contributed by atoms with E-state index in [9.17, 15) is 4.79 Å². The number of methoxy groups -OCH3 is 1. The number of esters is 1. The van der Waals surface area contributed by atoms with Crippen LogP contribution in [0.4, 0.5) is 0 Å². The van der Waals surface area contributed by atoms with Gasteiger partial charge in [0.15, 0.2) is 0 Å². The largest absolute Gasteiger partial charge is 0.465 e. The van der Waals surface area contributed by atoms with Gasteiger partial charge in [0.1, 0.15) is 0 Å². The number of hydrogen-bond acceptors (Lipinski definition) is 3. The highest BCUT2D eigenvalue weighted by molar-refractivity contribution is 7.80. The van der Waals surface area contributed by atoms with Gasteiger partial charge in [0, 0.05) is 6.42 Å². The Morgan fingerprint density at radius 3 is 2.71 bits per heavy atom. The molecule has 1 aromatic rings. The van der Waals surface area contributed by atoms with E-state index >= 15 is 0 Å². The van der Waals surface area contributed by atoms with Gasteiger partial charge in [-0.05, 0) is 11.6 Å². The normalized spacial score (nSPS) is 9.50. The number of nitrogens with two attached hydrogens (primary N) is 1. The van der Waals surface area contributed by atoms with Gasteiger partial charge in [-0.2, -0.15) is 0 Å². The lowest BCUT2D eigenvalue weighted by atomic mass is 10.0. The average molecular weight is 209 g/mol. The minimum Gasteiger partial charge on any atom is -0.465 e. The minimum absolute atomic E-state index is 0.362. The summed E-state index contributed by atoms with van der Waals surface area (Å²) in [5.74, 6) is -0.364. The molecule has 0 saturated carbocycles. The van der Waals surface area contributed by atoms with Crippen LogP contribution in [0.5, 0.6) is 0 Å². The van der Waals surface area contributed by atoms with E-state index in [-0.39, 0.29) is 5.97 Å². The molecular weight excluding hydrogens is 198 g/mol. The van der Waals surface area contributed by atoms with Crippen molar-refractivity contribution >= 4 is 23.2 Å². The third-order valence-corrected chi connectivity index (χ3v) is 1.93. The van der Waals surface area contributed by atoms with Gasteiger partial charge in [-0.25, -0.2) is 4.79 Å². The fourth-order valence-electron chi connectivity index (χ4n) is 1.17. The van der Waals surface area contributed by atoms with Crippen molar-refractivity contribution in [1.82, 2.24) is 0 Å². The summed E-state index contributed by atoms with van der Waals surface area (Å²) < 4.78 is 4.64. The third-order valence-electron chi connectivity index (χ3n) is 1.79. The van der Waals surface area contributed by atoms with Crippen LogP contribution >= 0.6 is 12.2 Å². The molecule has 1 aromatic carbocycles. The molecule has 0 atom stereocenters. The van der Waals surface area contributed by atoms with Crippen molar-refractivity contribution < 1.29 is 9.53 Å². The molecule has 0 spiro atoms. The molecule has 0 aromatic heterocycles. The van der Waals surface area contributed by atoms with E-state index in [1.54, 1.807) is 12.1 Å². The van der Waals surface area contributed by atoms with E-state index in [2.05, 4.69) is 4.74 Å². The van der Waals surface area contributed by atoms with Crippen LogP contribution in [0.25, 0.3) is 0 Å². The summed E-state index contributed by atoms with van der Waals surface area (Å²) in [5.41, 5.74) is 6.73. The van der Waals surface area contributed by atoms with Gasteiger partial charge in [0.25, 0.3) is 0 Å². The molecular formula is C10H11NO2S. The number of carbonyl (C=O) groups is 1. The zero-order chi connectivity index (χ0) is 10.6. The zero-order valence-corrected chi connectivity index (χ0v) is 8.64. The zero-order valence-electron chi connectivity index (χ0n) is 7.82. The van der Waals surface area contributed by atoms with Crippen molar-refractivity contribution in [3.05, 3.63) is 35.4 Å². The molecule has 74 valence electrons. The molecule has 2 N–H and O–H groups in total. The Labute approximate surface area is 87.9 Å². The van der Waals surface area contributed by atoms with Gasteiger partial charge in [-0.15, -0.1) is 0 Å². The summed E-state index contributed by atoms with van der Waals surface area (Å²) in [7, 11) is 1.35. The number of hydrogen-bond donors (Lipinski definition) is 1. The van der Waals surface area contributed by atoms with Crippen LogP contribution in [0.1, 0.15) is 15.9 Å². The van der Waals surface area contributed by atoms with Crippen LogP contribution < -0.4 is 5.73 Å². The lowest BCUT2D eigenvalue weighted by molar-refractivity contribution is 0.0600. The van der Waals surface area contributed by atoms with Crippen LogP contribution in [0, 0.1) is 0 Å². The van der Waals surface area contributed by atoms with Gasteiger partial charge in [0.2, 0.25) is 0 Å². The molecule has 0 saturated heterocycles. The van der Waals surface area contributed by atoms with E-state index in [4.69, 9.17) is 18.0 Å². The minimum atomic E-state index is -0.364. The van der Waals surface area contributed by atoms with Crippen LogP contribution in [-0.2, 0) is 11.2 Å². The molecule has 0 amide bonds. The maximum Gasteiger partial charge on any atom is 0.338 e. The van der Waals surface area contributed by atoms with Crippen molar-refractivity contribution in [3.63, 3.8) is 0 Å². The van der Waals surface area contributed by atoms with Gasteiger partial charge in [-0.3, -0.25) is 0 Å². The number of carbonyl (C=O) groups excluding carboxylic acids is 1. The summed E-state index contributed by atoms with van der Waals surface area (Å²) in [6.07, 6.45) is 0.417. The Bertz CT molecular complexity index is 363. The quantitative estimate of drug-likeness (QED) is 0.602. The van der Waals surface area contributed by atoms with Crippen LogP contribution in [0.2, 0.25) is 0 Å². The van der Waals surface area contributed by atoms with E-state index in [0.717, 1.165) is 5.56 Å². The molecule has 0 unspecified atom stereocenters. The second kappa shape index (κ2) is 4.72. The van der Waals surface area contributed by atoms with E-state index in [0.29, 0.717) is 17.0 Å². The lowest BCUT2D eigenvalue weighted by Gasteiger charge is -2.05. The fourth-order valence-corrected chi connectivity index (χ4v) is 1.33. The van der Waals surface area contributed by atoms with Crippen molar-refractivity contribution in [2.75, 3.05) is 7.11 Å². The third kappa shape index (κ3) is 2.53. The molecule has 0 fully saturated rings. The maximum absolute atomic E-state index is 11.3. The number of thiocarbonyl (C=S) groups is 1. The molecule has 0 aliphatic rings. The highest BCUT2D eigenvalue weighted by atomic mass is 32.1. The Morgan fingerprint density at radius 2 is 2.14 bits per heavy atom. The standard InChI is InChI=1S/C10H11NO2S/c1-13-10(12)8-5-3-2-4-7(8)6-9(11)14/h2-5H,6H2,1H3,(H2,11,14). The van der Waals surface area contributed by atoms with Gasteiger partial charge < -0.3 is 10.5 Å². The molecule has 3 nitrogen and oxygen atoms in total. The Balaban J connectivity index is 3.02. The Kier molecular flexibility index (Phi) is 3.59. The Hall–Kier alpha value is -1.42. The van der Waals surface area contributed by atoms with E-state index < -0.39 is 0 Å². The first-order valence-corrected chi connectivity index (χ1v) is 4.50. The number of ether oxygens (including phenoxy) is 1. The molecule has 1 rings (SSSR count). The van der Waals surface area contributed by atoms with Crippen molar-refractivity contribution in [1.29, 1.82) is 0 Å². The summed E-state index contributed by atoms with van der Waals surface area (Å²) >= 11 is 4.79. The summed E-state index contributed by atoms with van der Waals surface area (Å²) in [6, 6.07) is 7.11. The highest BCUT2D eigenvalue weighted by Crippen LogP contribution is 2.10. The summed E-state index contributed by atoms with van der Waals surface area (Å²) in [6.45, 7) is 0. The predicted octanol–water partition coefficient (Wildman–Crippen LogP) is 1.30. The second-order valence-electron chi connectivity index (χ2n) is 2.79. The van der Waals surface area contributed by atoms with Gasteiger partial charge in [0.05, 0.1) is 17.7 Å². The second-order valence-corrected chi connectivity index (χ2v) is 3.32. The van der Waals surface area contributed by atoms with Gasteiger partial charge >= 0.3 is 5.97 Å². The molecule has 14 heavy (non-hydrogen) atoms. The summed E-state index contributed by atoms with van der Waals surface area (Å²) in [4.78, 5) is 11.7. The maximum atomic E-state index is 11.3. The number of benzene rings is 1. The lowest BCUT2D eigenvalue weighted by Crippen LogP contribution is -2.14. The first kappa shape index (κ1) is 10.7. The molecule has 4 heteroatoms. The topological polar surface area (TPSA) is 52.3 Å². The van der Waals surface area contributed by atoms with Crippen LogP contribution in [0.15, 0.2) is 24.3 Å². The average Bonchev–Trinajstić information content (AvgIpc) is 2.16. The van der Waals surface area contributed by atoms with Crippen LogP contribution in [0.3, 0.4) is 0 Å². The van der Waals surface area contributed by atoms with E-state index in [1.165, 1.54) is 7.11 Å². The SMILES string of the molecule is COC(=O)c1ccccc1CC(N)=S. The first-order valence-electron chi connectivity index (χ1n) is 4.09. The monoisotopic (exact) mass is 209 g/mol. The fraction of sp³-hybridized carbons (Fsp3) is 0.200. The highest BCUT2D eigenvalue weighted by Gasteiger charge is 2.10. The van der Waals surface area contributed by atoms with E-state index in [1.807, 2.05) is 12.1 Å². The molecule has 0 aliphatic carbocycles. The number of rotatable bonds is 3. The molecule has 0 heterocycles. The molecule has 0 aliphatic heterocycles. The Morgan fingerprint density at radius 1 is 1.50 bits per heavy atom. The van der Waals surface area contributed by atoms with Crippen molar-refractivity contribution in [2.45, 2.75) is 6.42 Å². The first-order chi connectivity index (χ1) is 6.65. The summed E-state index contributed by atoms with van der Waals surface area (Å²) in [5, 5.41) is 0.